The minimum Gasteiger partial charge on any atom is -0.478 e. The van der Waals surface area contributed by atoms with Gasteiger partial charge in [-0.1, -0.05) is 81.3 Å². The summed E-state index contributed by atoms with van der Waals surface area (Å²) in [4.78, 5) is 10.9. The lowest BCUT2D eigenvalue weighted by molar-refractivity contribution is 0.0697. The highest BCUT2D eigenvalue weighted by molar-refractivity contribution is 5.88. The van der Waals surface area contributed by atoms with E-state index >= 15 is 0 Å². The Bertz CT molecular complexity index is 659. The summed E-state index contributed by atoms with van der Waals surface area (Å²) in [7, 11) is 0. The number of rotatable bonds is 13. The van der Waals surface area contributed by atoms with Crippen LogP contribution < -0.4 is 0 Å². The first-order valence-electron chi connectivity index (χ1n) is 10.2. The second-order valence-corrected chi connectivity index (χ2v) is 7.24. The molecule has 27 heavy (non-hydrogen) atoms. The number of aliphatic hydroxyl groups excluding tert-OH is 1. The molecule has 2 rings (SSSR count). The van der Waals surface area contributed by atoms with Crippen molar-refractivity contribution < 1.29 is 15.0 Å². The maximum Gasteiger partial charge on any atom is 0.335 e. The van der Waals surface area contributed by atoms with Crippen molar-refractivity contribution in [1.82, 2.24) is 0 Å². The standard InChI is InChI=1S/C24H32O3/c25-19-9-7-5-3-1-2-4-6-8-10-20-11-13-21(14-12-20)22-15-17-23(18-16-22)24(26)27/h11-18,25H,1-10,19H2,(H,26,27). The van der Waals surface area contributed by atoms with Crippen molar-refractivity contribution in [2.75, 3.05) is 6.61 Å². The lowest BCUT2D eigenvalue weighted by Crippen LogP contribution is -1.95. The molecule has 0 saturated heterocycles. The van der Waals surface area contributed by atoms with Crippen LogP contribution in [0.5, 0.6) is 0 Å². The number of hydrogen-bond donors (Lipinski definition) is 2. The Morgan fingerprint density at radius 1 is 0.630 bits per heavy atom. The molecule has 0 aliphatic rings. The Hall–Kier alpha value is -2.13. The lowest BCUT2D eigenvalue weighted by atomic mass is 10.00. The first kappa shape index (κ1) is 21.2. The molecule has 0 saturated carbocycles. The normalized spacial score (nSPS) is 10.9. The van der Waals surface area contributed by atoms with E-state index in [1.165, 1.54) is 50.5 Å². The van der Waals surface area contributed by atoms with Gasteiger partial charge in [-0.25, -0.2) is 4.79 Å². The summed E-state index contributed by atoms with van der Waals surface area (Å²) in [5.41, 5.74) is 3.85. The van der Waals surface area contributed by atoms with Crippen LogP contribution in [0.1, 0.15) is 73.7 Å². The van der Waals surface area contributed by atoms with Crippen LogP contribution >= 0.6 is 0 Å². The maximum absolute atomic E-state index is 10.9. The van der Waals surface area contributed by atoms with Gasteiger partial charge in [0.25, 0.3) is 0 Å². The van der Waals surface area contributed by atoms with E-state index < -0.39 is 5.97 Å². The Kier molecular flexibility index (Phi) is 9.64. The molecule has 2 aromatic rings. The summed E-state index contributed by atoms with van der Waals surface area (Å²) in [6, 6.07) is 15.6. The third-order valence-electron chi connectivity index (χ3n) is 5.04. The van der Waals surface area contributed by atoms with E-state index in [9.17, 15) is 4.79 Å². The number of benzene rings is 2. The summed E-state index contributed by atoms with van der Waals surface area (Å²) in [6.07, 6.45) is 12.3. The molecule has 0 heterocycles. The van der Waals surface area contributed by atoms with E-state index in [1.54, 1.807) is 12.1 Å². The average molecular weight is 369 g/mol. The summed E-state index contributed by atoms with van der Waals surface area (Å²) < 4.78 is 0. The zero-order chi connectivity index (χ0) is 19.3. The molecular formula is C24H32O3. The molecule has 146 valence electrons. The number of unbranched alkanes of at least 4 members (excludes halogenated alkanes) is 8. The van der Waals surface area contributed by atoms with E-state index in [4.69, 9.17) is 10.2 Å². The fourth-order valence-corrected chi connectivity index (χ4v) is 3.35. The molecule has 3 nitrogen and oxygen atoms in total. The molecule has 0 fully saturated rings. The number of carboxylic acids is 1. The van der Waals surface area contributed by atoms with Gasteiger partial charge in [0.2, 0.25) is 0 Å². The van der Waals surface area contributed by atoms with Gasteiger partial charge in [-0.2, -0.15) is 0 Å². The molecule has 0 aliphatic carbocycles. The highest BCUT2D eigenvalue weighted by Gasteiger charge is 2.03. The van der Waals surface area contributed by atoms with Gasteiger partial charge in [0.1, 0.15) is 0 Å². The average Bonchev–Trinajstić information content (AvgIpc) is 2.70. The monoisotopic (exact) mass is 368 g/mol. The van der Waals surface area contributed by atoms with E-state index in [2.05, 4.69) is 24.3 Å². The number of aromatic carboxylic acids is 1. The zero-order valence-electron chi connectivity index (χ0n) is 16.2. The third-order valence-corrected chi connectivity index (χ3v) is 5.04. The molecule has 3 heteroatoms. The summed E-state index contributed by atoms with van der Waals surface area (Å²) in [5.74, 6) is -0.890. The summed E-state index contributed by atoms with van der Waals surface area (Å²) >= 11 is 0. The van der Waals surface area contributed by atoms with E-state index in [0.29, 0.717) is 12.2 Å². The maximum atomic E-state index is 10.9. The number of hydrogen-bond acceptors (Lipinski definition) is 2. The highest BCUT2D eigenvalue weighted by atomic mass is 16.4. The molecule has 0 bridgehead atoms. The van der Waals surface area contributed by atoms with Gasteiger partial charge >= 0.3 is 5.97 Å². The number of aliphatic hydroxyl groups is 1. The van der Waals surface area contributed by atoms with Crippen molar-refractivity contribution in [2.45, 2.75) is 64.2 Å². The lowest BCUT2D eigenvalue weighted by Gasteiger charge is -2.06. The summed E-state index contributed by atoms with van der Waals surface area (Å²) in [5, 5.41) is 17.7. The van der Waals surface area contributed by atoms with Crippen LogP contribution in [0.25, 0.3) is 11.1 Å². The second-order valence-electron chi connectivity index (χ2n) is 7.24. The number of carboxylic acid groups (broad SMARTS) is 1. The molecule has 0 aromatic heterocycles. The molecule has 0 unspecified atom stereocenters. The second kappa shape index (κ2) is 12.3. The molecule has 2 N–H and O–H groups in total. The van der Waals surface area contributed by atoms with Gasteiger partial charge in [0.15, 0.2) is 0 Å². The van der Waals surface area contributed by atoms with Gasteiger partial charge in [0, 0.05) is 6.61 Å². The van der Waals surface area contributed by atoms with Crippen molar-refractivity contribution >= 4 is 5.97 Å². The number of carbonyl (C=O) groups is 1. The Morgan fingerprint density at radius 2 is 1.07 bits per heavy atom. The predicted molar refractivity (Wildman–Crippen MR) is 111 cm³/mol. The van der Waals surface area contributed by atoms with Crippen LogP contribution in [0.2, 0.25) is 0 Å². The van der Waals surface area contributed by atoms with Gasteiger partial charge in [-0.3, -0.25) is 0 Å². The van der Waals surface area contributed by atoms with Crippen molar-refractivity contribution in [1.29, 1.82) is 0 Å². The first-order valence-corrected chi connectivity index (χ1v) is 10.2. The van der Waals surface area contributed by atoms with Gasteiger partial charge < -0.3 is 10.2 Å². The summed E-state index contributed by atoms with van der Waals surface area (Å²) in [6.45, 7) is 0.331. The minimum absolute atomic E-state index is 0.320. The zero-order valence-corrected chi connectivity index (χ0v) is 16.2. The van der Waals surface area contributed by atoms with Crippen LogP contribution in [-0.2, 0) is 6.42 Å². The van der Waals surface area contributed by atoms with E-state index in [0.717, 1.165) is 30.4 Å². The molecular weight excluding hydrogens is 336 g/mol. The van der Waals surface area contributed by atoms with Crippen molar-refractivity contribution in [3.05, 3.63) is 59.7 Å². The van der Waals surface area contributed by atoms with Gasteiger partial charge in [-0.05, 0) is 48.1 Å². The largest absolute Gasteiger partial charge is 0.478 e. The minimum atomic E-state index is -0.890. The Balaban J connectivity index is 1.63. The first-order chi connectivity index (χ1) is 13.2. The van der Waals surface area contributed by atoms with Crippen LogP contribution in [0.15, 0.2) is 48.5 Å². The fourth-order valence-electron chi connectivity index (χ4n) is 3.35. The topological polar surface area (TPSA) is 57.5 Å². The van der Waals surface area contributed by atoms with Crippen LogP contribution in [0.4, 0.5) is 0 Å². The quantitative estimate of drug-likeness (QED) is 0.420. The van der Waals surface area contributed by atoms with E-state index in [-0.39, 0.29) is 0 Å². The van der Waals surface area contributed by atoms with Crippen molar-refractivity contribution in [2.24, 2.45) is 0 Å². The number of aryl methyl sites for hydroxylation is 1. The van der Waals surface area contributed by atoms with Crippen molar-refractivity contribution in [3.63, 3.8) is 0 Å². The predicted octanol–water partition coefficient (Wildman–Crippen LogP) is 6.10. The smallest absolute Gasteiger partial charge is 0.335 e. The Morgan fingerprint density at radius 3 is 1.56 bits per heavy atom. The van der Waals surface area contributed by atoms with Gasteiger partial charge in [0.05, 0.1) is 5.56 Å². The van der Waals surface area contributed by atoms with Crippen LogP contribution in [0.3, 0.4) is 0 Å². The van der Waals surface area contributed by atoms with Crippen LogP contribution in [-0.4, -0.2) is 22.8 Å². The molecule has 0 atom stereocenters. The third kappa shape index (κ3) is 7.96. The van der Waals surface area contributed by atoms with Crippen molar-refractivity contribution in [3.8, 4) is 11.1 Å². The molecule has 0 aliphatic heterocycles. The molecule has 0 amide bonds. The highest BCUT2D eigenvalue weighted by Crippen LogP contribution is 2.21. The molecule has 0 spiro atoms. The van der Waals surface area contributed by atoms with Gasteiger partial charge in [-0.15, -0.1) is 0 Å². The van der Waals surface area contributed by atoms with E-state index in [1.807, 2.05) is 12.1 Å². The van der Waals surface area contributed by atoms with Crippen LogP contribution in [0, 0.1) is 0 Å². The Labute approximate surface area is 163 Å². The molecule has 0 radical (unpaired) electrons. The SMILES string of the molecule is O=C(O)c1ccc(-c2ccc(CCCCCCCCCCCO)cc2)cc1. The molecule has 2 aromatic carbocycles. The fraction of sp³-hybridized carbons (Fsp3) is 0.458.